The van der Waals surface area contributed by atoms with E-state index in [0.717, 1.165) is 5.56 Å². The molecule has 6 nitrogen and oxygen atoms in total. The Morgan fingerprint density at radius 3 is 2.62 bits per heavy atom. The van der Waals surface area contributed by atoms with E-state index in [4.69, 9.17) is 4.42 Å². The maximum absolute atomic E-state index is 12.0. The van der Waals surface area contributed by atoms with E-state index in [1.165, 1.54) is 18.2 Å². The van der Waals surface area contributed by atoms with Crippen LogP contribution in [-0.2, 0) is 4.79 Å². The number of furan rings is 1. The van der Waals surface area contributed by atoms with Gasteiger partial charge in [-0.2, -0.15) is 0 Å². The van der Waals surface area contributed by atoms with Gasteiger partial charge in [-0.1, -0.05) is 29.8 Å². The lowest BCUT2D eigenvalue weighted by molar-refractivity contribution is -0.384. The van der Waals surface area contributed by atoms with Crippen molar-refractivity contribution in [3.8, 4) is 11.3 Å². The van der Waals surface area contributed by atoms with Crippen molar-refractivity contribution in [2.24, 2.45) is 0 Å². The van der Waals surface area contributed by atoms with Crippen molar-refractivity contribution in [3.05, 3.63) is 88.2 Å². The maximum Gasteiger partial charge on any atom is 0.270 e. The molecule has 0 aliphatic heterocycles. The smallest absolute Gasteiger partial charge is 0.270 e. The number of nitrogens with zero attached hydrogens (tertiary/aromatic N) is 1. The minimum Gasteiger partial charge on any atom is -0.457 e. The molecule has 130 valence electrons. The van der Waals surface area contributed by atoms with E-state index in [2.05, 4.69) is 5.32 Å². The highest BCUT2D eigenvalue weighted by Gasteiger charge is 2.09. The fraction of sp³-hybridized carbons (Fsp3) is 0.0500. The summed E-state index contributed by atoms with van der Waals surface area (Å²) >= 11 is 0. The Morgan fingerprint density at radius 1 is 1.12 bits per heavy atom. The van der Waals surface area contributed by atoms with Crippen molar-refractivity contribution in [2.45, 2.75) is 6.92 Å². The van der Waals surface area contributed by atoms with Crippen LogP contribution in [0.5, 0.6) is 0 Å². The first-order chi connectivity index (χ1) is 12.5. The second kappa shape index (κ2) is 7.48. The van der Waals surface area contributed by atoms with Crippen LogP contribution in [0.25, 0.3) is 17.4 Å². The molecule has 0 atom stereocenters. The summed E-state index contributed by atoms with van der Waals surface area (Å²) in [5, 5.41) is 13.6. The van der Waals surface area contributed by atoms with Crippen LogP contribution in [0.4, 0.5) is 11.4 Å². The largest absolute Gasteiger partial charge is 0.457 e. The van der Waals surface area contributed by atoms with Gasteiger partial charge in [0.25, 0.3) is 5.69 Å². The van der Waals surface area contributed by atoms with Gasteiger partial charge in [0.2, 0.25) is 5.91 Å². The van der Waals surface area contributed by atoms with E-state index in [1.54, 1.807) is 30.3 Å². The molecule has 0 aliphatic carbocycles. The molecular weight excluding hydrogens is 332 g/mol. The number of aryl methyl sites for hydroxylation is 1. The number of anilines is 1. The quantitative estimate of drug-likeness (QED) is 0.407. The third-order valence-corrected chi connectivity index (χ3v) is 3.69. The van der Waals surface area contributed by atoms with Crippen LogP contribution < -0.4 is 5.32 Å². The van der Waals surface area contributed by atoms with E-state index in [-0.39, 0.29) is 11.6 Å². The average molecular weight is 348 g/mol. The van der Waals surface area contributed by atoms with Gasteiger partial charge < -0.3 is 9.73 Å². The Balaban J connectivity index is 1.68. The molecule has 26 heavy (non-hydrogen) atoms. The lowest BCUT2D eigenvalue weighted by Gasteiger charge is -2.01. The lowest BCUT2D eigenvalue weighted by atomic mass is 10.1. The summed E-state index contributed by atoms with van der Waals surface area (Å²) in [7, 11) is 0. The van der Waals surface area contributed by atoms with Gasteiger partial charge >= 0.3 is 0 Å². The molecule has 1 heterocycles. The molecule has 1 amide bonds. The van der Waals surface area contributed by atoms with Crippen LogP contribution in [0.3, 0.4) is 0 Å². The Kier molecular flexibility index (Phi) is 4.94. The zero-order chi connectivity index (χ0) is 18.5. The number of hydrogen-bond donors (Lipinski definition) is 1. The predicted octanol–water partition coefficient (Wildman–Crippen LogP) is 4.82. The molecule has 1 aromatic heterocycles. The molecule has 2 aromatic carbocycles. The van der Waals surface area contributed by atoms with Gasteiger partial charge in [-0.3, -0.25) is 14.9 Å². The second-order valence-electron chi connectivity index (χ2n) is 5.70. The standard InChI is InChI=1S/C20H16N2O4/c1-14-5-7-16(8-6-14)21-20(23)12-10-18-9-11-19(26-18)15-3-2-4-17(13-15)22(24)25/h2-13H,1H3,(H,21,23)/b12-10+. The van der Waals surface area contributed by atoms with Gasteiger partial charge in [-0.25, -0.2) is 0 Å². The number of carbonyl (C=O) groups is 1. The number of rotatable bonds is 5. The molecule has 0 spiro atoms. The topological polar surface area (TPSA) is 85.4 Å². The fourth-order valence-corrected chi connectivity index (χ4v) is 2.35. The van der Waals surface area contributed by atoms with Gasteiger partial charge in [0.15, 0.2) is 0 Å². The van der Waals surface area contributed by atoms with E-state index in [9.17, 15) is 14.9 Å². The highest BCUT2D eigenvalue weighted by Crippen LogP contribution is 2.26. The summed E-state index contributed by atoms with van der Waals surface area (Å²) in [4.78, 5) is 22.4. The van der Waals surface area contributed by atoms with E-state index in [0.29, 0.717) is 22.8 Å². The van der Waals surface area contributed by atoms with Crippen molar-refractivity contribution in [1.29, 1.82) is 0 Å². The number of non-ortho nitro benzene ring substituents is 1. The number of hydrogen-bond acceptors (Lipinski definition) is 4. The molecule has 0 fully saturated rings. The van der Waals surface area contributed by atoms with Gasteiger partial charge in [-0.05, 0) is 37.3 Å². The predicted molar refractivity (Wildman–Crippen MR) is 99.6 cm³/mol. The minimum absolute atomic E-state index is 0.00605. The Bertz CT molecular complexity index is 971. The molecule has 6 heteroatoms. The first-order valence-corrected chi connectivity index (χ1v) is 7.92. The van der Waals surface area contributed by atoms with Crippen molar-refractivity contribution in [3.63, 3.8) is 0 Å². The van der Waals surface area contributed by atoms with Crippen LogP contribution in [0.1, 0.15) is 11.3 Å². The van der Waals surface area contributed by atoms with Crippen LogP contribution in [0.2, 0.25) is 0 Å². The van der Waals surface area contributed by atoms with Crippen LogP contribution in [-0.4, -0.2) is 10.8 Å². The van der Waals surface area contributed by atoms with E-state index < -0.39 is 4.92 Å². The Hall–Kier alpha value is -3.67. The first-order valence-electron chi connectivity index (χ1n) is 7.92. The molecule has 0 aliphatic rings. The summed E-state index contributed by atoms with van der Waals surface area (Å²) in [5.74, 6) is 0.694. The van der Waals surface area contributed by atoms with Crippen molar-refractivity contribution in [1.82, 2.24) is 0 Å². The molecule has 0 saturated carbocycles. The number of nitro groups is 1. The summed E-state index contributed by atoms with van der Waals surface area (Å²) in [6.07, 6.45) is 2.92. The minimum atomic E-state index is -0.456. The molecule has 1 N–H and O–H groups in total. The zero-order valence-corrected chi connectivity index (χ0v) is 14.0. The zero-order valence-electron chi connectivity index (χ0n) is 14.0. The average Bonchev–Trinajstić information content (AvgIpc) is 3.11. The highest BCUT2D eigenvalue weighted by atomic mass is 16.6. The number of nitrogens with one attached hydrogen (secondary N) is 1. The SMILES string of the molecule is Cc1ccc(NC(=O)/C=C/c2ccc(-c3cccc([N+](=O)[O-])c3)o2)cc1. The molecular formula is C20H16N2O4. The summed E-state index contributed by atoms with van der Waals surface area (Å²) in [5.41, 5.74) is 2.42. The third-order valence-electron chi connectivity index (χ3n) is 3.69. The molecule has 3 rings (SSSR count). The van der Waals surface area contributed by atoms with Crippen molar-refractivity contribution in [2.75, 3.05) is 5.32 Å². The Labute approximate surface area is 149 Å². The molecule has 3 aromatic rings. The normalized spacial score (nSPS) is 10.8. The number of carbonyl (C=O) groups excluding carboxylic acids is 1. The molecule has 0 saturated heterocycles. The van der Waals surface area contributed by atoms with E-state index >= 15 is 0 Å². The van der Waals surface area contributed by atoms with Gasteiger partial charge in [0.1, 0.15) is 11.5 Å². The number of benzene rings is 2. The summed E-state index contributed by atoms with van der Waals surface area (Å²) in [6, 6.07) is 17.1. The maximum atomic E-state index is 12.0. The first kappa shape index (κ1) is 17.2. The lowest BCUT2D eigenvalue weighted by Crippen LogP contribution is -2.07. The molecule has 0 unspecified atom stereocenters. The van der Waals surface area contributed by atoms with Crippen LogP contribution >= 0.6 is 0 Å². The van der Waals surface area contributed by atoms with Gasteiger partial charge in [0, 0.05) is 29.5 Å². The van der Waals surface area contributed by atoms with Crippen molar-refractivity contribution < 1.29 is 14.1 Å². The Morgan fingerprint density at radius 2 is 1.88 bits per heavy atom. The second-order valence-corrected chi connectivity index (χ2v) is 5.70. The number of nitro benzene ring substituents is 1. The molecule has 0 bridgehead atoms. The van der Waals surface area contributed by atoms with Crippen molar-refractivity contribution >= 4 is 23.4 Å². The highest BCUT2D eigenvalue weighted by molar-refractivity contribution is 6.01. The van der Waals surface area contributed by atoms with Crippen LogP contribution in [0.15, 0.2) is 71.2 Å². The fourth-order valence-electron chi connectivity index (χ4n) is 2.35. The summed E-state index contributed by atoms with van der Waals surface area (Å²) in [6.45, 7) is 1.97. The third kappa shape index (κ3) is 4.24. The number of amides is 1. The summed E-state index contributed by atoms with van der Waals surface area (Å²) < 4.78 is 5.63. The van der Waals surface area contributed by atoms with Crippen LogP contribution in [0, 0.1) is 17.0 Å². The van der Waals surface area contributed by atoms with Gasteiger partial charge in [-0.15, -0.1) is 0 Å². The van der Waals surface area contributed by atoms with Gasteiger partial charge in [0.05, 0.1) is 4.92 Å². The monoisotopic (exact) mass is 348 g/mol. The van der Waals surface area contributed by atoms with E-state index in [1.807, 2.05) is 31.2 Å². The molecule has 0 radical (unpaired) electrons.